The summed E-state index contributed by atoms with van der Waals surface area (Å²) in [5.74, 6) is -10.6. The molecule has 0 heterocycles. The fourth-order valence-electron chi connectivity index (χ4n) is 6.01. The number of ether oxygens (including phenoxy) is 1. The normalized spacial score (nSPS) is 17.1. The van der Waals surface area contributed by atoms with Crippen LogP contribution in [0.1, 0.15) is 62.5 Å². The first-order chi connectivity index (χ1) is 21.9. The van der Waals surface area contributed by atoms with Crippen LogP contribution in [0.2, 0.25) is 0 Å². The third kappa shape index (κ3) is 7.11. The van der Waals surface area contributed by atoms with Crippen LogP contribution in [0.25, 0.3) is 22.3 Å². The van der Waals surface area contributed by atoms with Gasteiger partial charge in [-0.05, 0) is 116 Å². The Balaban J connectivity index is 1.32. The van der Waals surface area contributed by atoms with Crippen LogP contribution >= 0.6 is 0 Å². The summed E-state index contributed by atoms with van der Waals surface area (Å²) in [6.45, 7) is 1.98. The van der Waals surface area contributed by atoms with E-state index in [2.05, 4.69) is 10.8 Å². The summed E-state index contributed by atoms with van der Waals surface area (Å²) in [5, 5.41) is 0. The minimum atomic E-state index is -4.65. The molecular weight excluding hydrogens is 619 g/mol. The third-order valence-corrected chi connectivity index (χ3v) is 8.41. The second kappa shape index (κ2) is 13.6. The van der Waals surface area contributed by atoms with Gasteiger partial charge in [-0.3, -0.25) is 0 Å². The molecule has 1 aliphatic rings. The van der Waals surface area contributed by atoms with Gasteiger partial charge >= 0.3 is 6.11 Å². The van der Waals surface area contributed by atoms with Crippen molar-refractivity contribution in [3.05, 3.63) is 125 Å². The molecule has 4 aromatic rings. The van der Waals surface area contributed by atoms with Crippen molar-refractivity contribution in [3.63, 3.8) is 0 Å². The maximum Gasteiger partial charge on any atom is 0.432 e. The van der Waals surface area contributed by atoms with E-state index >= 15 is 22.0 Å². The van der Waals surface area contributed by atoms with Gasteiger partial charge in [0.2, 0.25) is 0 Å². The largest absolute Gasteiger partial charge is 0.432 e. The Morgan fingerprint density at radius 1 is 0.674 bits per heavy atom. The van der Waals surface area contributed by atoms with Crippen LogP contribution in [0.4, 0.5) is 39.5 Å². The Morgan fingerprint density at radius 2 is 1.22 bits per heavy atom. The second-order valence-electron chi connectivity index (χ2n) is 11.4. The maximum atomic E-state index is 15.2. The lowest BCUT2D eigenvalue weighted by molar-refractivity contribution is -0.189. The maximum absolute atomic E-state index is 15.2. The summed E-state index contributed by atoms with van der Waals surface area (Å²) < 4.78 is 135. The Hall–Kier alpha value is -4.21. The number of alkyl halides is 2. The van der Waals surface area contributed by atoms with Gasteiger partial charge in [0.05, 0.1) is 0 Å². The average Bonchev–Trinajstić information content (AvgIpc) is 2.99. The van der Waals surface area contributed by atoms with Crippen LogP contribution < -0.4 is 4.74 Å². The Kier molecular flexibility index (Phi) is 9.84. The second-order valence-corrected chi connectivity index (χ2v) is 11.4. The van der Waals surface area contributed by atoms with E-state index in [1.165, 1.54) is 12.1 Å². The third-order valence-electron chi connectivity index (χ3n) is 8.41. The van der Waals surface area contributed by atoms with Gasteiger partial charge in [0.15, 0.2) is 17.5 Å². The van der Waals surface area contributed by atoms with Crippen molar-refractivity contribution < 1.29 is 44.3 Å². The van der Waals surface area contributed by atoms with E-state index in [4.69, 9.17) is 0 Å². The van der Waals surface area contributed by atoms with Gasteiger partial charge in [-0.2, -0.15) is 8.78 Å². The molecule has 0 aromatic heterocycles. The SMILES string of the molecule is C/C=C/CCC1CCC(c2ccc(-c3cc(F)c(C(F)(F)Oc4ccc(-c5cc(F)c(F)c(F)c5)c(F)c4)c(F)c3)c(F)c2)CC1. The first kappa shape index (κ1) is 33.2. The van der Waals surface area contributed by atoms with Gasteiger partial charge in [0, 0.05) is 17.2 Å². The highest BCUT2D eigenvalue weighted by Gasteiger charge is 2.41. The van der Waals surface area contributed by atoms with Crippen molar-refractivity contribution >= 4 is 0 Å². The zero-order chi connectivity index (χ0) is 33.2. The molecule has 4 aromatic carbocycles. The summed E-state index contributed by atoms with van der Waals surface area (Å²) in [7, 11) is 0. The molecular formula is C36H29F9O. The van der Waals surface area contributed by atoms with E-state index < -0.39 is 69.3 Å². The molecule has 0 spiro atoms. The smallest absolute Gasteiger partial charge is 0.429 e. The molecule has 5 rings (SSSR count). The summed E-state index contributed by atoms with van der Waals surface area (Å²) in [4.78, 5) is 0. The van der Waals surface area contributed by atoms with Crippen molar-refractivity contribution in [1.82, 2.24) is 0 Å². The predicted molar refractivity (Wildman–Crippen MR) is 157 cm³/mol. The molecule has 1 fully saturated rings. The standard InChI is InChI=1S/C36H29F9O/c1-2-3-4-5-20-6-8-21(9-7-20)22-10-12-26(28(37)14-22)23-15-30(39)34(31(40)16-23)36(44,45)46-25-11-13-27(29(38)19-25)24-17-32(41)35(43)33(42)18-24/h2-3,10-21H,4-9H2,1H3/b3-2+. The summed E-state index contributed by atoms with van der Waals surface area (Å²) in [6.07, 6.45) is 5.46. The molecule has 0 bridgehead atoms. The molecule has 0 aliphatic heterocycles. The van der Waals surface area contributed by atoms with Gasteiger partial charge in [-0.15, -0.1) is 0 Å². The van der Waals surface area contributed by atoms with E-state index in [-0.39, 0.29) is 17.0 Å². The van der Waals surface area contributed by atoms with E-state index in [1.54, 1.807) is 6.07 Å². The average molecular weight is 649 g/mol. The molecule has 0 atom stereocenters. The van der Waals surface area contributed by atoms with E-state index in [9.17, 15) is 17.6 Å². The lowest BCUT2D eigenvalue weighted by atomic mass is 9.77. The van der Waals surface area contributed by atoms with Gasteiger partial charge in [-0.1, -0.05) is 24.3 Å². The van der Waals surface area contributed by atoms with Crippen LogP contribution in [-0.2, 0) is 6.11 Å². The van der Waals surface area contributed by atoms with Crippen LogP contribution in [-0.4, -0.2) is 0 Å². The summed E-state index contributed by atoms with van der Waals surface area (Å²) in [5.41, 5.74) is -2.41. The van der Waals surface area contributed by atoms with E-state index in [0.29, 0.717) is 36.2 Å². The zero-order valence-corrected chi connectivity index (χ0v) is 24.6. The molecule has 0 radical (unpaired) electrons. The number of hydrogen-bond donors (Lipinski definition) is 0. The highest BCUT2D eigenvalue weighted by Crippen LogP contribution is 2.41. The Bertz CT molecular complexity index is 1710. The molecule has 1 aliphatic carbocycles. The molecule has 46 heavy (non-hydrogen) atoms. The number of benzene rings is 4. The van der Waals surface area contributed by atoms with Crippen LogP contribution in [0.5, 0.6) is 5.75 Å². The molecule has 242 valence electrons. The van der Waals surface area contributed by atoms with Crippen molar-refractivity contribution in [2.45, 2.75) is 57.5 Å². The van der Waals surface area contributed by atoms with Crippen LogP contribution in [0, 0.1) is 46.6 Å². The van der Waals surface area contributed by atoms with Gasteiger partial charge in [0.25, 0.3) is 0 Å². The summed E-state index contributed by atoms with van der Waals surface area (Å²) >= 11 is 0. The van der Waals surface area contributed by atoms with Crippen molar-refractivity contribution in [1.29, 1.82) is 0 Å². The molecule has 0 N–H and O–H groups in total. The Labute approximate surface area is 260 Å². The zero-order valence-electron chi connectivity index (χ0n) is 24.6. The number of hydrogen-bond acceptors (Lipinski definition) is 1. The highest BCUT2D eigenvalue weighted by atomic mass is 19.3. The first-order valence-corrected chi connectivity index (χ1v) is 14.8. The predicted octanol–water partition coefficient (Wildman–Crippen LogP) is 11.8. The highest BCUT2D eigenvalue weighted by molar-refractivity contribution is 5.66. The molecule has 1 saturated carbocycles. The quantitative estimate of drug-likeness (QED) is 0.0997. The minimum absolute atomic E-state index is 0.144. The molecule has 0 unspecified atom stereocenters. The van der Waals surface area contributed by atoms with Crippen LogP contribution in [0.3, 0.4) is 0 Å². The van der Waals surface area contributed by atoms with Crippen LogP contribution in [0.15, 0.2) is 72.8 Å². The van der Waals surface area contributed by atoms with Gasteiger partial charge in [-0.25, -0.2) is 30.7 Å². The van der Waals surface area contributed by atoms with Crippen molar-refractivity contribution in [2.75, 3.05) is 0 Å². The fourth-order valence-corrected chi connectivity index (χ4v) is 6.01. The monoisotopic (exact) mass is 648 g/mol. The van der Waals surface area contributed by atoms with E-state index in [0.717, 1.165) is 56.2 Å². The number of halogens is 9. The first-order valence-electron chi connectivity index (χ1n) is 14.8. The van der Waals surface area contributed by atoms with Gasteiger partial charge < -0.3 is 4.74 Å². The van der Waals surface area contributed by atoms with Crippen molar-refractivity contribution in [2.24, 2.45) is 5.92 Å². The lowest BCUT2D eigenvalue weighted by Gasteiger charge is -2.29. The molecule has 1 nitrogen and oxygen atoms in total. The lowest BCUT2D eigenvalue weighted by Crippen LogP contribution is -2.25. The molecule has 10 heteroatoms. The summed E-state index contributed by atoms with van der Waals surface area (Å²) in [6, 6.07) is 8.52. The van der Waals surface area contributed by atoms with E-state index in [1.807, 2.05) is 13.0 Å². The molecule has 0 amide bonds. The number of rotatable bonds is 9. The Morgan fingerprint density at radius 3 is 1.76 bits per heavy atom. The topological polar surface area (TPSA) is 9.23 Å². The fraction of sp³-hybridized carbons (Fsp3) is 0.278. The minimum Gasteiger partial charge on any atom is -0.429 e. The number of allylic oxidation sites excluding steroid dienone is 2. The molecule has 0 saturated heterocycles. The van der Waals surface area contributed by atoms with Gasteiger partial charge in [0.1, 0.15) is 34.6 Å². The van der Waals surface area contributed by atoms with Crippen molar-refractivity contribution in [3.8, 4) is 28.0 Å².